The Labute approximate surface area is 137 Å². The Morgan fingerprint density at radius 2 is 2.04 bits per heavy atom. The summed E-state index contributed by atoms with van der Waals surface area (Å²) in [6, 6.07) is 6.40. The van der Waals surface area contributed by atoms with Crippen molar-refractivity contribution in [3.8, 4) is 5.82 Å². The number of benzene rings is 1. The van der Waals surface area contributed by atoms with Crippen molar-refractivity contribution >= 4 is 5.91 Å². The van der Waals surface area contributed by atoms with E-state index in [0.29, 0.717) is 16.9 Å². The minimum atomic E-state index is -0.944. The van der Waals surface area contributed by atoms with E-state index in [9.17, 15) is 13.6 Å². The van der Waals surface area contributed by atoms with Crippen LogP contribution in [0.25, 0.3) is 5.82 Å². The molecule has 2 aromatic heterocycles. The van der Waals surface area contributed by atoms with Crippen molar-refractivity contribution in [2.75, 3.05) is 0 Å². The lowest BCUT2D eigenvalue weighted by molar-refractivity contribution is 0.0939. The summed E-state index contributed by atoms with van der Waals surface area (Å²) in [5, 5.41) is 2.73. The number of carbonyl (C=O) groups excluding carboxylic acids is 1. The minimum absolute atomic E-state index is 0.350. The maximum atomic E-state index is 13.3. The van der Waals surface area contributed by atoms with Crippen LogP contribution in [0, 0.1) is 11.6 Å². The number of nitrogens with one attached hydrogen (secondary N) is 1. The van der Waals surface area contributed by atoms with Gasteiger partial charge < -0.3 is 5.32 Å². The van der Waals surface area contributed by atoms with Crippen molar-refractivity contribution in [2.24, 2.45) is 0 Å². The number of imidazole rings is 1. The molecular weight excluding hydrogens is 314 g/mol. The Hall–Kier alpha value is -3.09. The van der Waals surface area contributed by atoms with Crippen molar-refractivity contribution in [3.05, 3.63) is 78.0 Å². The van der Waals surface area contributed by atoms with Gasteiger partial charge in [-0.1, -0.05) is 6.07 Å². The number of hydrogen-bond donors (Lipinski definition) is 1. The normalized spacial score (nSPS) is 12.0. The molecule has 24 heavy (non-hydrogen) atoms. The number of pyridine rings is 1. The van der Waals surface area contributed by atoms with E-state index in [0.717, 1.165) is 12.1 Å². The van der Waals surface area contributed by atoms with Crippen LogP contribution in [0.1, 0.15) is 28.9 Å². The predicted molar refractivity (Wildman–Crippen MR) is 83.6 cm³/mol. The first-order valence-corrected chi connectivity index (χ1v) is 7.25. The number of rotatable bonds is 4. The Morgan fingerprint density at radius 1 is 1.21 bits per heavy atom. The Morgan fingerprint density at radius 3 is 2.67 bits per heavy atom. The summed E-state index contributed by atoms with van der Waals surface area (Å²) in [4.78, 5) is 20.4. The van der Waals surface area contributed by atoms with E-state index in [4.69, 9.17) is 0 Å². The number of amides is 1. The van der Waals surface area contributed by atoms with Gasteiger partial charge >= 0.3 is 0 Å². The molecule has 3 aromatic rings. The molecule has 0 fully saturated rings. The average molecular weight is 328 g/mol. The molecule has 1 N–H and O–H groups in total. The van der Waals surface area contributed by atoms with Crippen molar-refractivity contribution in [3.63, 3.8) is 0 Å². The van der Waals surface area contributed by atoms with Crippen LogP contribution in [-0.4, -0.2) is 20.4 Å². The van der Waals surface area contributed by atoms with Crippen LogP contribution < -0.4 is 5.32 Å². The van der Waals surface area contributed by atoms with E-state index in [-0.39, 0.29) is 5.91 Å². The zero-order chi connectivity index (χ0) is 17.1. The maximum Gasteiger partial charge on any atom is 0.253 e. The largest absolute Gasteiger partial charge is 0.345 e. The molecule has 122 valence electrons. The third-order valence-corrected chi connectivity index (χ3v) is 3.57. The van der Waals surface area contributed by atoms with Gasteiger partial charge in [0.2, 0.25) is 0 Å². The highest BCUT2D eigenvalue weighted by molar-refractivity contribution is 5.94. The predicted octanol–water partition coefficient (Wildman–Crippen LogP) is 3.04. The summed E-state index contributed by atoms with van der Waals surface area (Å²) in [6.07, 6.45) is 6.43. The summed E-state index contributed by atoms with van der Waals surface area (Å²) in [7, 11) is 0. The second kappa shape index (κ2) is 6.57. The van der Waals surface area contributed by atoms with E-state index < -0.39 is 17.7 Å². The van der Waals surface area contributed by atoms with Gasteiger partial charge in [-0.05, 0) is 36.8 Å². The van der Waals surface area contributed by atoms with Gasteiger partial charge in [-0.15, -0.1) is 0 Å². The fraction of sp³-hybridized carbons (Fsp3) is 0.118. The molecule has 1 unspecified atom stereocenters. The molecule has 7 heteroatoms. The topological polar surface area (TPSA) is 59.8 Å². The summed E-state index contributed by atoms with van der Waals surface area (Å²) in [5.41, 5.74) is 0.846. The van der Waals surface area contributed by atoms with Crippen LogP contribution in [0.2, 0.25) is 0 Å². The number of aromatic nitrogens is 3. The highest BCUT2D eigenvalue weighted by atomic mass is 19.2. The standard InChI is InChI=1S/C17H14F2N4O/c1-11(12-2-4-14(18)15(19)8-12)22-17(24)13-3-5-16(21-9-13)23-7-6-20-10-23/h2-11H,1H3,(H,22,24). The fourth-order valence-corrected chi connectivity index (χ4v) is 2.21. The van der Waals surface area contributed by atoms with Crippen LogP contribution >= 0.6 is 0 Å². The number of carbonyl (C=O) groups is 1. The monoisotopic (exact) mass is 328 g/mol. The van der Waals surface area contributed by atoms with E-state index in [1.165, 1.54) is 12.3 Å². The zero-order valence-electron chi connectivity index (χ0n) is 12.8. The molecule has 0 saturated heterocycles. The van der Waals surface area contributed by atoms with Gasteiger partial charge in [0.15, 0.2) is 11.6 Å². The number of nitrogens with zero attached hydrogens (tertiary/aromatic N) is 3. The Kier molecular flexibility index (Phi) is 4.33. The Balaban J connectivity index is 1.71. The Bertz CT molecular complexity index is 848. The lowest BCUT2D eigenvalue weighted by Gasteiger charge is -2.14. The summed E-state index contributed by atoms with van der Waals surface area (Å²) in [5.74, 6) is -1.58. The van der Waals surface area contributed by atoms with Crippen LogP contribution in [0.5, 0.6) is 0 Å². The quantitative estimate of drug-likeness (QED) is 0.801. The molecule has 1 atom stereocenters. The van der Waals surface area contributed by atoms with Gasteiger partial charge in [0.05, 0.1) is 11.6 Å². The lowest BCUT2D eigenvalue weighted by atomic mass is 10.1. The highest BCUT2D eigenvalue weighted by Gasteiger charge is 2.14. The lowest BCUT2D eigenvalue weighted by Crippen LogP contribution is -2.26. The van der Waals surface area contributed by atoms with E-state index in [1.54, 1.807) is 42.3 Å². The van der Waals surface area contributed by atoms with Crippen molar-refractivity contribution in [1.82, 2.24) is 19.9 Å². The molecule has 0 bridgehead atoms. The summed E-state index contributed by atoms with van der Waals surface area (Å²) >= 11 is 0. The molecule has 0 spiro atoms. The molecule has 1 amide bonds. The van der Waals surface area contributed by atoms with E-state index in [2.05, 4.69) is 15.3 Å². The molecule has 2 heterocycles. The molecule has 0 saturated carbocycles. The fourth-order valence-electron chi connectivity index (χ4n) is 2.21. The zero-order valence-corrected chi connectivity index (χ0v) is 12.8. The van der Waals surface area contributed by atoms with Crippen LogP contribution in [0.4, 0.5) is 8.78 Å². The number of hydrogen-bond acceptors (Lipinski definition) is 3. The molecule has 0 aliphatic heterocycles. The molecule has 0 aliphatic rings. The molecule has 0 radical (unpaired) electrons. The summed E-state index contributed by atoms with van der Waals surface area (Å²) < 4.78 is 28.0. The molecule has 0 aliphatic carbocycles. The van der Waals surface area contributed by atoms with Gasteiger partial charge in [-0.3, -0.25) is 9.36 Å². The van der Waals surface area contributed by atoms with Gasteiger partial charge in [-0.25, -0.2) is 18.7 Å². The maximum absolute atomic E-state index is 13.3. The second-order valence-corrected chi connectivity index (χ2v) is 5.24. The first-order chi connectivity index (χ1) is 11.5. The second-order valence-electron chi connectivity index (χ2n) is 5.24. The summed E-state index contributed by atoms with van der Waals surface area (Å²) in [6.45, 7) is 1.69. The highest BCUT2D eigenvalue weighted by Crippen LogP contribution is 2.16. The number of halogens is 2. The minimum Gasteiger partial charge on any atom is -0.345 e. The van der Waals surface area contributed by atoms with Gasteiger partial charge in [0.1, 0.15) is 12.1 Å². The van der Waals surface area contributed by atoms with Crippen LogP contribution in [0.3, 0.4) is 0 Å². The van der Waals surface area contributed by atoms with Gasteiger partial charge in [0.25, 0.3) is 5.91 Å². The first-order valence-electron chi connectivity index (χ1n) is 7.25. The van der Waals surface area contributed by atoms with E-state index in [1.807, 2.05) is 0 Å². The van der Waals surface area contributed by atoms with Crippen molar-refractivity contribution in [1.29, 1.82) is 0 Å². The van der Waals surface area contributed by atoms with Crippen molar-refractivity contribution < 1.29 is 13.6 Å². The smallest absolute Gasteiger partial charge is 0.253 e. The van der Waals surface area contributed by atoms with Crippen molar-refractivity contribution in [2.45, 2.75) is 13.0 Å². The third-order valence-electron chi connectivity index (χ3n) is 3.57. The third kappa shape index (κ3) is 3.29. The molecule has 5 nitrogen and oxygen atoms in total. The van der Waals surface area contributed by atoms with Crippen LogP contribution in [0.15, 0.2) is 55.2 Å². The van der Waals surface area contributed by atoms with E-state index >= 15 is 0 Å². The average Bonchev–Trinajstić information content (AvgIpc) is 3.12. The first kappa shape index (κ1) is 15.8. The van der Waals surface area contributed by atoms with Gasteiger partial charge in [0, 0.05) is 18.6 Å². The van der Waals surface area contributed by atoms with Crippen LogP contribution in [-0.2, 0) is 0 Å². The molecule has 3 rings (SSSR count). The SMILES string of the molecule is CC(NC(=O)c1ccc(-n2ccnc2)nc1)c1ccc(F)c(F)c1. The van der Waals surface area contributed by atoms with Gasteiger partial charge in [-0.2, -0.15) is 0 Å². The molecule has 1 aromatic carbocycles. The molecular formula is C17H14F2N4O.